The van der Waals surface area contributed by atoms with Gasteiger partial charge in [-0.1, -0.05) is 26.0 Å². The summed E-state index contributed by atoms with van der Waals surface area (Å²) in [7, 11) is 0. The summed E-state index contributed by atoms with van der Waals surface area (Å²) < 4.78 is 11.3. The molecule has 220 valence electrons. The van der Waals surface area contributed by atoms with Gasteiger partial charge in [-0.15, -0.1) is 5.11 Å². The number of hydrogen-bond acceptors (Lipinski definition) is 10. The van der Waals surface area contributed by atoms with Crippen molar-refractivity contribution in [1.82, 2.24) is 14.8 Å². The first-order valence-electron chi connectivity index (χ1n) is 14.5. The number of ether oxygens (including phenoxy) is 1. The predicted octanol–water partition coefficient (Wildman–Crippen LogP) is 4.47. The van der Waals surface area contributed by atoms with Crippen LogP contribution < -0.4 is 10.3 Å². The maximum Gasteiger partial charge on any atom is 0.291 e. The van der Waals surface area contributed by atoms with E-state index < -0.39 is 0 Å². The number of anilines is 2. The zero-order valence-electron chi connectivity index (χ0n) is 24.9. The Balaban J connectivity index is 1.20. The first kappa shape index (κ1) is 29.1. The monoisotopic (exact) mass is 562 g/mol. The first-order valence-corrected chi connectivity index (χ1v) is 14.5. The highest BCUT2D eigenvalue weighted by Crippen LogP contribution is 2.31. The molecular weight excluding hydrogens is 520 g/mol. The van der Waals surface area contributed by atoms with E-state index >= 15 is 0 Å². The molecule has 41 heavy (non-hydrogen) atoms. The number of nitrogens with one attached hydrogen (secondary N) is 1. The van der Waals surface area contributed by atoms with Gasteiger partial charge in [-0.3, -0.25) is 24.6 Å². The molecule has 5 rings (SSSR count). The summed E-state index contributed by atoms with van der Waals surface area (Å²) in [6, 6.07) is 5.71. The van der Waals surface area contributed by atoms with E-state index in [1.807, 2.05) is 51.8 Å². The zero-order chi connectivity index (χ0) is 29.0. The molecule has 11 heteroatoms. The third kappa shape index (κ3) is 7.09. The van der Waals surface area contributed by atoms with Gasteiger partial charge in [0.1, 0.15) is 5.76 Å². The normalized spacial score (nSPS) is 22.1. The molecule has 1 amide bonds. The number of aryl methyl sites for hydroxylation is 1. The topological polar surface area (TPSA) is 111 Å². The van der Waals surface area contributed by atoms with Crippen molar-refractivity contribution in [1.29, 1.82) is 0 Å². The second-order valence-corrected chi connectivity index (χ2v) is 11.8. The molecule has 1 fully saturated rings. The molecule has 0 spiro atoms. The zero-order valence-corrected chi connectivity index (χ0v) is 24.9. The van der Waals surface area contributed by atoms with Crippen molar-refractivity contribution < 1.29 is 13.9 Å². The van der Waals surface area contributed by atoms with Crippen molar-refractivity contribution in [3.8, 4) is 0 Å². The predicted molar refractivity (Wildman–Crippen MR) is 160 cm³/mol. The minimum Gasteiger partial charge on any atom is -0.455 e. The smallest absolute Gasteiger partial charge is 0.291 e. The first-order chi connectivity index (χ1) is 19.7. The molecule has 1 saturated heterocycles. The van der Waals surface area contributed by atoms with E-state index in [0.29, 0.717) is 18.8 Å². The molecule has 3 aliphatic heterocycles. The Bertz CT molecular complexity index is 1320. The summed E-state index contributed by atoms with van der Waals surface area (Å²) in [6.07, 6.45) is 4.67. The van der Waals surface area contributed by atoms with E-state index in [0.717, 1.165) is 75.2 Å². The molecule has 0 aliphatic carbocycles. The minimum absolute atomic E-state index is 0.174. The van der Waals surface area contributed by atoms with Crippen LogP contribution in [-0.2, 0) is 10.2 Å². The molecule has 1 N–H and O–H groups in total. The van der Waals surface area contributed by atoms with E-state index in [2.05, 4.69) is 36.7 Å². The van der Waals surface area contributed by atoms with Crippen LogP contribution in [0.4, 0.5) is 11.4 Å². The van der Waals surface area contributed by atoms with Gasteiger partial charge >= 0.3 is 0 Å². The van der Waals surface area contributed by atoms with Gasteiger partial charge in [0.2, 0.25) is 0 Å². The maximum atomic E-state index is 12.8. The van der Waals surface area contributed by atoms with Gasteiger partial charge in [-0.05, 0) is 44.0 Å². The Kier molecular flexibility index (Phi) is 8.96. The van der Waals surface area contributed by atoms with Crippen molar-refractivity contribution >= 4 is 23.5 Å². The molecular formula is C30H42N8O3. The molecule has 5 heterocycles. The Morgan fingerprint density at radius 1 is 1.20 bits per heavy atom. The van der Waals surface area contributed by atoms with Crippen LogP contribution >= 0.6 is 0 Å². The van der Waals surface area contributed by atoms with Gasteiger partial charge in [-0.2, -0.15) is 0 Å². The highest BCUT2D eigenvalue weighted by Gasteiger charge is 2.28. The fourth-order valence-corrected chi connectivity index (χ4v) is 5.28. The Morgan fingerprint density at radius 3 is 2.73 bits per heavy atom. The SMILES string of the molecule is CCOCCN1CCN(C2C=NC/C(=C3/CN(c4cc(NC(=O)c5ccc(C(C)(C)C)o5)cnc4C)N=N3)C2)CC1. The number of pyridine rings is 1. The molecule has 2 aromatic rings. The largest absolute Gasteiger partial charge is 0.455 e. The van der Waals surface area contributed by atoms with Crippen LogP contribution in [-0.4, -0.2) is 92.0 Å². The lowest BCUT2D eigenvalue weighted by Gasteiger charge is -2.39. The second kappa shape index (κ2) is 12.6. The van der Waals surface area contributed by atoms with Gasteiger partial charge in [0.05, 0.1) is 48.7 Å². The van der Waals surface area contributed by atoms with Crippen molar-refractivity contribution in [3.63, 3.8) is 0 Å². The summed E-state index contributed by atoms with van der Waals surface area (Å²) in [6.45, 7) is 18.0. The molecule has 11 nitrogen and oxygen atoms in total. The number of piperazine rings is 1. The number of amides is 1. The van der Waals surface area contributed by atoms with E-state index in [-0.39, 0.29) is 23.1 Å². The third-order valence-corrected chi connectivity index (χ3v) is 7.79. The van der Waals surface area contributed by atoms with Crippen LogP contribution in [0.3, 0.4) is 0 Å². The van der Waals surface area contributed by atoms with Crippen LogP contribution in [0.1, 0.15) is 56.1 Å². The Labute approximate surface area is 242 Å². The molecule has 0 radical (unpaired) electrons. The average molecular weight is 563 g/mol. The number of nitrogens with zero attached hydrogens (tertiary/aromatic N) is 7. The second-order valence-electron chi connectivity index (χ2n) is 11.8. The van der Waals surface area contributed by atoms with Gasteiger partial charge in [0.25, 0.3) is 5.91 Å². The van der Waals surface area contributed by atoms with Crippen molar-refractivity contribution in [2.24, 2.45) is 15.3 Å². The number of furan rings is 1. The number of aromatic nitrogens is 1. The number of carbonyl (C=O) groups is 1. The molecule has 3 aliphatic rings. The fourth-order valence-electron chi connectivity index (χ4n) is 5.28. The summed E-state index contributed by atoms with van der Waals surface area (Å²) in [5.41, 5.74) is 4.20. The fraction of sp³-hybridized carbons (Fsp3) is 0.567. The molecule has 1 atom stereocenters. The maximum absolute atomic E-state index is 12.8. The number of aliphatic imine (C=N–C) groups is 1. The van der Waals surface area contributed by atoms with E-state index in [1.165, 1.54) is 5.57 Å². The summed E-state index contributed by atoms with van der Waals surface area (Å²) in [5.74, 6) is 0.714. The van der Waals surface area contributed by atoms with Crippen LogP contribution in [0.15, 0.2) is 55.4 Å². The molecule has 0 saturated carbocycles. The quantitative estimate of drug-likeness (QED) is 0.473. The Morgan fingerprint density at radius 2 is 2.00 bits per heavy atom. The van der Waals surface area contributed by atoms with Gasteiger partial charge in [0, 0.05) is 57.0 Å². The highest BCUT2D eigenvalue weighted by molar-refractivity contribution is 6.02. The van der Waals surface area contributed by atoms with Crippen LogP contribution in [0.2, 0.25) is 0 Å². The van der Waals surface area contributed by atoms with Crippen LogP contribution in [0.25, 0.3) is 0 Å². The standard InChI is InChI=1S/C30H42N8O3/c1-6-40-14-13-36-9-11-37(12-10-36)24-15-22(17-31-19-24)25-20-38(35-34-25)26-16-23(18-32-21(26)2)33-29(39)27-7-8-28(41-27)30(3,4)5/h7-8,16,18-19,24H,6,9-15,17,20H2,1-5H3,(H,33,39)/b25-22-. The van der Waals surface area contributed by atoms with Gasteiger partial charge < -0.3 is 14.5 Å². The lowest BCUT2D eigenvalue weighted by molar-refractivity contribution is 0.0749. The minimum atomic E-state index is -0.316. The highest BCUT2D eigenvalue weighted by atomic mass is 16.5. The van der Waals surface area contributed by atoms with Crippen molar-refractivity contribution in [3.05, 3.63) is 52.9 Å². The lowest BCUT2D eigenvalue weighted by Crippen LogP contribution is -2.52. The van der Waals surface area contributed by atoms with Crippen LogP contribution in [0, 0.1) is 6.92 Å². The molecule has 0 aromatic carbocycles. The van der Waals surface area contributed by atoms with Crippen LogP contribution in [0.5, 0.6) is 0 Å². The van der Waals surface area contributed by atoms with Crippen molar-refractivity contribution in [2.75, 3.05) is 69.4 Å². The lowest BCUT2D eigenvalue weighted by atomic mass is 9.94. The number of hydrogen-bond donors (Lipinski definition) is 1. The molecule has 2 aromatic heterocycles. The van der Waals surface area contributed by atoms with Crippen molar-refractivity contribution in [2.45, 2.75) is 52.5 Å². The summed E-state index contributed by atoms with van der Waals surface area (Å²) in [5, 5.41) is 13.8. The molecule has 0 bridgehead atoms. The van der Waals surface area contributed by atoms with E-state index in [1.54, 1.807) is 12.3 Å². The van der Waals surface area contributed by atoms with Gasteiger partial charge in [0.15, 0.2) is 5.76 Å². The number of rotatable bonds is 8. The van der Waals surface area contributed by atoms with E-state index in [9.17, 15) is 4.79 Å². The van der Waals surface area contributed by atoms with Gasteiger partial charge in [-0.25, -0.2) is 5.01 Å². The summed E-state index contributed by atoms with van der Waals surface area (Å²) >= 11 is 0. The van der Waals surface area contributed by atoms with E-state index in [4.69, 9.17) is 14.1 Å². The summed E-state index contributed by atoms with van der Waals surface area (Å²) in [4.78, 5) is 27.0. The third-order valence-electron chi connectivity index (χ3n) is 7.79. The number of carbonyl (C=O) groups excluding carboxylic acids is 1. The average Bonchev–Trinajstić information content (AvgIpc) is 3.66. The Hall–Kier alpha value is -3.41. The molecule has 1 unspecified atom stereocenters.